The lowest BCUT2D eigenvalue weighted by atomic mass is 9.71. The highest BCUT2D eigenvalue weighted by atomic mass is 32.2. The Hall–Kier alpha value is -0.660. The number of amides is 1. The molecule has 2 saturated heterocycles. The van der Waals surface area contributed by atoms with E-state index in [1.807, 2.05) is 4.90 Å². The van der Waals surface area contributed by atoms with Crippen molar-refractivity contribution in [2.75, 3.05) is 32.7 Å². The smallest absolute Gasteiger partial charge is 0.239 e. The molecule has 4 fully saturated rings. The zero-order valence-electron chi connectivity index (χ0n) is 16.4. The number of fused-ring (bicyclic) bond motifs is 1. The lowest BCUT2D eigenvalue weighted by Gasteiger charge is -2.42. The van der Waals surface area contributed by atoms with Gasteiger partial charge in [-0.05, 0) is 50.5 Å². The molecule has 0 bridgehead atoms. The molecule has 1 N–H and O–H groups in total. The third-order valence-electron chi connectivity index (χ3n) is 7.43. The first-order valence-electron chi connectivity index (χ1n) is 11.1. The van der Waals surface area contributed by atoms with E-state index in [0.29, 0.717) is 32.1 Å². The highest BCUT2D eigenvalue weighted by Gasteiger charge is 2.41. The molecule has 0 aromatic carbocycles. The molecule has 27 heavy (non-hydrogen) atoms. The van der Waals surface area contributed by atoms with Crippen LogP contribution in [0.15, 0.2) is 0 Å². The lowest BCUT2D eigenvalue weighted by molar-refractivity contribution is -0.135. The van der Waals surface area contributed by atoms with Gasteiger partial charge in [0.1, 0.15) is 0 Å². The number of carbonyl (C=O) groups excluding carboxylic acids is 1. The summed E-state index contributed by atoms with van der Waals surface area (Å²) in [6, 6.07) is -0.0662. The van der Waals surface area contributed by atoms with Crippen LogP contribution in [0.1, 0.15) is 64.2 Å². The fraction of sp³-hybridized carbons (Fsp3) is 0.950. The van der Waals surface area contributed by atoms with Gasteiger partial charge in [-0.15, -0.1) is 0 Å². The molecule has 2 heterocycles. The molecule has 0 radical (unpaired) electrons. The van der Waals surface area contributed by atoms with Gasteiger partial charge in [0.25, 0.3) is 0 Å². The Balaban J connectivity index is 1.32. The van der Waals surface area contributed by atoms with E-state index in [4.69, 9.17) is 0 Å². The minimum atomic E-state index is -3.23. The molecule has 2 saturated carbocycles. The van der Waals surface area contributed by atoms with Gasteiger partial charge in [0.2, 0.25) is 15.9 Å². The van der Waals surface area contributed by atoms with Crippen molar-refractivity contribution in [2.24, 2.45) is 11.8 Å². The Labute approximate surface area is 164 Å². The average Bonchev–Trinajstić information content (AvgIpc) is 2.73. The van der Waals surface area contributed by atoms with E-state index in [1.165, 1.54) is 25.7 Å². The average molecular weight is 398 g/mol. The minimum absolute atomic E-state index is 0.0662. The lowest BCUT2D eigenvalue weighted by Crippen LogP contribution is -2.57. The first-order valence-corrected chi connectivity index (χ1v) is 12.6. The number of piperidine rings is 1. The van der Waals surface area contributed by atoms with Gasteiger partial charge < -0.3 is 10.2 Å². The molecule has 2 aliphatic heterocycles. The molecule has 4 aliphatic rings. The van der Waals surface area contributed by atoms with E-state index in [2.05, 4.69) is 5.32 Å². The topological polar surface area (TPSA) is 69.7 Å². The maximum atomic E-state index is 13.2. The van der Waals surface area contributed by atoms with Crippen molar-refractivity contribution in [1.82, 2.24) is 14.5 Å². The summed E-state index contributed by atoms with van der Waals surface area (Å²) in [5, 5.41) is 3.12. The molecule has 0 aromatic heterocycles. The Morgan fingerprint density at radius 3 is 2.22 bits per heavy atom. The van der Waals surface area contributed by atoms with Gasteiger partial charge >= 0.3 is 0 Å². The van der Waals surface area contributed by atoms with Gasteiger partial charge in [-0.3, -0.25) is 4.79 Å². The molecule has 6 nitrogen and oxygen atoms in total. The summed E-state index contributed by atoms with van der Waals surface area (Å²) in [4.78, 5) is 14.5. The van der Waals surface area contributed by atoms with Crippen molar-refractivity contribution in [3.63, 3.8) is 0 Å². The van der Waals surface area contributed by atoms with Crippen LogP contribution in [0.3, 0.4) is 0 Å². The molecular formula is C20H35N3O3S. The Bertz CT molecular complexity index is 624. The number of piperazine rings is 1. The van der Waals surface area contributed by atoms with Crippen LogP contribution >= 0.6 is 0 Å². The van der Waals surface area contributed by atoms with Crippen LogP contribution in [0.4, 0.5) is 0 Å². The Morgan fingerprint density at radius 1 is 0.815 bits per heavy atom. The van der Waals surface area contributed by atoms with Gasteiger partial charge in [-0.2, -0.15) is 4.31 Å². The van der Waals surface area contributed by atoms with Crippen molar-refractivity contribution in [2.45, 2.75) is 75.5 Å². The van der Waals surface area contributed by atoms with Crippen molar-refractivity contribution >= 4 is 15.9 Å². The molecule has 4 unspecified atom stereocenters. The van der Waals surface area contributed by atoms with E-state index in [0.717, 1.165) is 51.0 Å². The van der Waals surface area contributed by atoms with Crippen molar-refractivity contribution in [1.29, 1.82) is 0 Å². The third kappa shape index (κ3) is 4.20. The standard InChI is InChI=1S/C20H35N3O3S/c24-20(19-7-3-4-10-21-19)22-11-13-23(14-12-22)27(25,26)18-9-8-16-5-1-2-6-17(16)15-18/h16-19,21H,1-15H2. The van der Waals surface area contributed by atoms with Crippen LogP contribution < -0.4 is 5.32 Å². The molecular weight excluding hydrogens is 362 g/mol. The predicted molar refractivity (Wildman–Crippen MR) is 106 cm³/mol. The predicted octanol–water partition coefficient (Wildman–Crippen LogP) is 1.96. The number of rotatable bonds is 3. The quantitative estimate of drug-likeness (QED) is 0.790. The number of sulfonamides is 1. The van der Waals surface area contributed by atoms with E-state index >= 15 is 0 Å². The summed E-state index contributed by atoms with van der Waals surface area (Å²) >= 11 is 0. The van der Waals surface area contributed by atoms with Crippen LogP contribution in [-0.4, -0.2) is 67.5 Å². The first kappa shape index (κ1) is 19.6. The molecule has 2 aliphatic carbocycles. The third-order valence-corrected chi connectivity index (χ3v) is 9.79. The van der Waals surface area contributed by atoms with Gasteiger partial charge in [0, 0.05) is 26.2 Å². The second-order valence-corrected chi connectivity index (χ2v) is 11.2. The fourth-order valence-electron chi connectivity index (χ4n) is 5.76. The van der Waals surface area contributed by atoms with Crippen LogP contribution in [0.5, 0.6) is 0 Å². The van der Waals surface area contributed by atoms with E-state index in [1.54, 1.807) is 4.31 Å². The number of nitrogens with zero attached hydrogens (tertiary/aromatic N) is 2. The van der Waals surface area contributed by atoms with Crippen molar-refractivity contribution in [3.05, 3.63) is 0 Å². The van der Waals surface area contributed by atoms with Gasteiger partial charge in [0.15, 0.2) is 0 Å². The summed E-state index contributed by atoms with van der Waals surface area (Å²) < 4.78 is 28.1. The van der Waals surface area contributed by atoms with Crippen LogP contribution in [0.2, 0.25) is 0 Å². The van der Waals surface area contributed by atoms with Crippen molar-refractivity contribution < 1.29 is 13.2 Å². The Kier molecular flexibility index (Phi) is 6.09. The maximum absolute atomic E-state index is 13.2. The molecule has 7 heteroatoms. The second-order valence-electron chi connectivity index (χ2n) is 9.01. The molecule has 1 amide bonds. The SMILES string of the molecule is O=C(C1CCCCN1)N1CCN(S(=O)(=O)C2CCC3CCCCC3C2)CC1. The first-order chi connectivity index (χ1) is 13.1. The van der Waals surface area contributed by atoms with Crippen LogP contribution in [0, 0.1) is 11.8 Å². The van der Waals surface area contributed by atoms with Crippen LogP contribution in [-0.2, 0) is 14.8 Å². The van der Waals surface area contributed by atoms with Gasteiger partial charge in [-0.1, -0.05) is 32.1 Å². The van der Waals surface area contributed by atoms with Gasteiger partial charge in [-0.25, -0.2) is 8.42 Å². The minimum Gasteiger partial charge on any atom is -0.339 e. The molecule has 0 spiro atoms. The highest BCUT2D eigenvalue weighted by molar-refractivity contribution is 7.89. The maximum Gasteiger partial charge on any atom is 0.239 e. The van der Waals surface area contributed by atoms with Crippen molar-refractivity contribution in [3.8, 4) is 0 Å². The summed E-state index contributed by atoms with van der Waals surface area (Å²) in [5.41, 5.74) is 0. The van der Waals surface area contributed by atoms with Gasteiger partial charge in [0.05, 0.1) is 11.3 Å². The molecule has 4 atom stereocenters. The Morgan fingerprint density at radius 2 is 1.52 bits per heavy atom. The summed E-state index contributed by atoms with van der Waals surface area (Å²) in [5.74, 6) is 1.55. The number of nitrogens with one attached hydrogen (secondary N) is 1. The molecule has 0 aromatic rings. The zero-order valence-corrected chi connectivity index (χ0v) is 17.3. The summed E-state index contributed by atoms with van der Waals surface area (Å²) in [6.07, 6.45) is 11.0. The van der Waals surface area contributed by atoms with E-state index in [-0.39, 0.29) is 17.2 Å². The monoisotopic (exact) mass is 397 g/mol. The highest BCUT2D eigenvalue weighted by Crippen LogP contribution is 2.42. The molecule has 4 rings (SSSR count). The fourth-order valence-corrected chi connectivity index (χ4v) is 7.78. The zero-order chi connectivity index (χ0) is 18.9. The normalized spacial score (nSPS) is 36.2. The largest absolute Gasteiger partial charge is 0.339 e. The number of hydrogen-bond donors (Lipinski definition) is 1. The van der Waals surface area contributed by atoms with E-state index in [9.17, 15) is 13.2 Å². The molecule has 154 valence electrons. The summed E-state index contributed by atoms with van der Waals surface area (Å²) in [6.45, 7) is 2.91. The summed E-state index contributed by atoms with van der Waals surface area (Å²) in [7, 11) is -3.23. The number of carbonyl (C=O) groups is 1. The number of hydrogen-bond acceptors (Lipinski definition) is 4. The van der Waals surface area contributed by atoms with E-state index < -0.39 is 10.0 Å². The van der Waals surface area contributed by atoms with Crippen LogP contribution in [0.25, 0.3) is 0 Å². The second kappa shape index (κ2) is 8.37.